The molecule has 1 aliphatic rings. The molecule has 1 aromatic rings. The Morgan fingerprint density at radius 3 is 2.96 bits per heavy atom. The highest BCUT2D eigenvalue weighted by atomic mass is 35.5. The van der Waals surface area contributed by atoms with Crippen LogP contribution in [0.4, 0.5) is 0 Å². The number of nitrogens with one attached hydrogen (secondary N) is 1. The van der Waals surface area contributed by atoms with Crippen molar-refractivity contribution < 1.29 is 4.74 Å². The van der Waals surface area contributed by atoms with Crippen molar-refractivity contribution in [1.82, 2.24) is 15.1 Å². The Hall–Kier alpha value is -1.30. The largest absolute Gasteiger partial charge is 0.383 e. The van der Waals surface area contributed by atoms with Gasteiger partial charge in [-0.3, -0.25) is 9.89 Å². The number of halogens is 1. The van der Waals surface area contributed by atoms with E-state index >= 15 is 0 Å². The van der Waals surface area contributed by atoms with Gasteiger partial charge in [-0.2, -0.15) is 0 Å². The Bertz CT molecular complexity index is 538. The molecule has 1 heterocycles. The third kappa shape index (κ3) is 5.36. The number of aliphatic imine (C=N–C) groups is 1. The number of hydrogen-bond donors (Lipinski definition) is 1. The number of guanidine groups is 1. The molecule has 0 radical (unpaired) electrons. The van der Waals surface area contributed by atoms with Crippen LogP contribution >= 0.6 is 11.6 Å². The topological polar surface area (TPSA) is 40.1 Å². The van der Waals surface area contributed by atoms with Gasteiger partial charge in [-0.15, -0.1) is 0 Å². The van der Waals surface area contributed by atoms with Gasteiger partial charge >= 0.3 is 0 Å². The van der Waals surface area contributed by atoms with Crippen molar-refractivity contribution in [2.45, 2.75) is 25.4 Å². The Morgan fingerprint density at radius 2 is 2.25 bits per heavy atom. The van der Waals surface area contributed by atoms with Gasteiger partial charge in [0.1, 0.15) is 0 Å². The summed E-state index contributed by atoms with van der Waals surface area (Å²) in [7, 11) is 5.62. The first-order chi connectivity index (χ1) is 11.7. The van der Waals surface area contributed by atoms with Crippen molar-refractivity contribution in [1.29, 1.82) is 0 Å². The Balaban J connectivity index is 1.86. The summed E-state index contributed by atoms with van der Waals surface area (Å²) in [4.78, 5) is 9.01. The van der Waals surface area contributed by atoms with Gasteiger partial charge in [0.05, 0.1) is 6.61 Å². The molecule has 1 unspecified atom stereocenters. The number of benzene rings is 1. The van der Waals surface area contributed by atoms with Gasteiger partial charge in [0.15, 0.2) is 5.96 Å². The summed E-state index contributed by atoms with van der Waals surface area (Å²) in [5.74, 6) is 0.897. The zero-order valence-electron chi connectivity index (χ0n) is 15.0. The van der Waals surface area contributed by atoms with E-state index in [1.165, 1.54) is 12.8 Å². The predicted molar refractivity (Wildman–Crippen MR) is 101 cm³/mol. The van der Waals surface area contributed by atoms with Crippen LogP contribution in [-0.2, 0) is 11.3 Å². The van der Waals surface area contributed by atoms with Crippen LogP contribution in [0.5, 0.6) is 0 Å². The maximum atomic E-state index is 6.26. The number of ether oxygens (including phenoxy) is 1. The fraction of sp³-hybridized carbons (Fsp3) is 0.611. The van der Waals surface area contributed by atoms with E-state index in [-0.39, 0.29) is 0 Å². The summed E-state index contributed by atoms with van der Waals surface area (Å²) >= 11 is 6.26. The van der Waals surface area contributed by atoms with Crippen LogP contribution in [0, 0.1) is 0 Å². The Morgan fingerprint density at radius 1 is 1.46 bits per heavy atom. The molecule has 0 aliphatic carbocycles. The highest BCUT2D eigenvalue weighted by molar-refractivity contribution is 6.31. The number of nitrogens with zero attached hydrogens (tertiary/aromatic N) is 3. The number of likely N-dealkylation sites (tertiary alicyclic amines) is 1. The molecule has 0 spiro atoms. The minimum absolute atomic E-state index is 0.547. The molecule has 134 valence electrons. The van der Waals surface area contributed by atoms with Crippen LogP contribution in [0.3, 0.4) is 0 Å². The molecule has 1 N–H and O–H groups in total. The molecule has 1 aromatic carbocycles. The van der Waals surface area contributed by atoms with E-state index in [9.17, 15) is 0 Å². The highest BCUT2D eigenvalue weighted by Crippen LogP contribution is 2.17. The molecular formula is C18H29ClN4O. The van der Waals surface area contributed by atoms with E-state index in [2.05, 4.69) is 26.2 Å². The van der Waals surface area contributed by atoms with Crippen molar-refractivity contribution in [3.63, 3.8) is 0 Å². The molecule has 6 heteroatoms. The summed E-state index contributed by atoms with van der Waals surface area (Å²) < 4.78 is 5.21. The number of rotatable bonds is 7. The molecule has 1 fully saturated rings. The molecule has 1 atom stereocenters. The minimum atomic E-state index is 0.547. The molecular weight excluding hydrogens is 324 g/mol. The average molecular weight is 353 g/mol. The molecule has 1 aliphatic heterocycles. The summed E-state index contributed by atoms with van der Waals surface area (Å²) in [6.45, 7) is 4.58. The van der Waals surface area contributed by atoms with Crippen LogP contribution in [-0.4, -0.2) is 69.2 Å². The van der Waals surface area contributed by atoms with Gasteiger partial charge in [-0.1, -0.05) is 29.8 Å². The average Bonchev–Trinajstić information content (AvgIpc) is 3.03. The first-order valence-electron chi connectivity index (χ1n) is 8.54. The van der Waals surface area contributed by atoms with Crippen molar-refractivity contribution in [2.75, 3.05) is 47.4 Å². The smallest absolute Gasteiger partial charge is 0.193 e. The predicted octanol–water partition coefficient (Wildman–Crippen LogP) is 2.46. The zero-order valence-corrected chi connectivity index (χ0v) is 15.7. The van der Waals surface area contributed by atoms with E-state index in [0.29, 0.717) is 6.04 Å². The molecule has 0 amide bonds. The second kappa shape index (κ2) is 9.87. The lowest BCUT2D eigenvalue weighted by molar-refractivity contribution is 0.141. The van der Waals surface area contributed by atoms with Crippen LogP contribution in [0.1, 0.15) is 18.4 Å². The molecule has 5 nitrogen and oxygen atoms in total. The summed E-state index contributed by atoms with van der Waals surface area (Å²) in [6, 6.07) is 8.49. The fourth-order valence-corrected chi connectivity index (χ4v) is 3.38. The van der Waals surface area contributed by atoms with Gasteiger partial charge < -0.3 is 15.0 Å². The third-order valence-corrected chi connectivity index (χ3v) is 4.88. The SMILES string of the molecule is CN=C(NCC1CCCN1CCOC)N(C)Cc1ccccc1Cl. The van der Waals surface area contributed by atoms with Crippen LogP contribution in [0.15, 0.2) is 29.3 Å². The lowest BCUT2D eigenvalue weighted by Crippen LogP contribution is -2.45. The third-order valence-electron chi connectivity index (χ3n) is 4.52. The maximum absolute atomic E-state index is 6.26. The molecule has 0 aromatic heterocycles. The van der Waals surface area contributed by atoms with Crippen molar-refractivity contribution in [3.8, 4) is 0 Å². The van der Waals surface area contributed by atoms with E-state index in [1.807, 2.05) is 32.3 Å². The standard InChI is InChI=1S/C18H29ClN4O/c1-20-18(22(2)14-15-7-4-5-9-17(15)19)21-13-16-8-6-10-23(16)11-12-24-3/h4-5,7,9,16H,6,8,10-14H2,1-3H3,(H,20,21). The first kappa shape index (κ1) is 19.0. The monoisotopic (exact) mass is 352 g/mol. The number of hydrogen-bond acceptors (Lipinski definition) is 3. The Labute approximate surface area is 150 Å². The van der Waals surface area contributed by atoms with Crippen molar-refractivity contribution in [3.05, 3.63) is 34.9 Å². The van der Waals surface area contributed by atoms with Crippen LogP contribution in [0.2, 0.25) is 5.02 Å². The lowest BCUT2D eigenvalue weighted by Gasteiger charge is -2.27. The fourth-order valence-electron chi connectivity index (χ4n) is 3.18. The number of methoxy groups -OCH3 is 1. The molecule has 0 bridgehead atoms. The van der Waals surface area contributed by atoms with Crippen molar-refractivity contribution >= 4 is 17.6 Å². The summed E-state index contributed by atoms with van der Waals surface area (Å²) in [6.07, 6.45) is 2.48. The second-order valence-electron chi connectivity index (χ2n) is 6.20. The van der Waals surface area contributed by atoms with Gasteiger partial charge in [-0.05, 0) is 31.0 Å². The van der Waals surface area contributed by atoms with E-state index in [4.69, 9.17) is 16.3 Å². The van der Waals surface area contributed by atoms with E-state index < -0.39 is 0 Å². The molecule has 1 saturated heterocycles. The van der Waals surface area contributed by atoms with Gasteiger partial charge in [0.2, 0.25) is 0 Å². The molecule has 24 heavy (non-hydrogen) atoms. The summed E-state index contributed by atoms with van der Waals surface area (Å²) in [5.41, 5.74) is 1.10. The van der Waals surface area contributed by atoms with Crippen molar-refractivity contribution in [2.24, 2.45) is 4.99 Å². The van der Waals surface area contributed by atoms with E-state index in [0.717, 1.165) is 49.3 Å². The van der Waals surface area contributed by atoms with Gasteiger partial charge in [0, 0.05) is 51.9 Å². The molecule has 0 saturated carbocycles. The lowest BCUT2D eigenvalue weighted by atomic mass is 10.2. The van der Waals surface area contributed by atoms with Crippen LogP contribution < -0.4 is 5.32 Å². The Kier molecular flexibility index (Phi) is 7.82. The summed E-state index contributed by atoms with van der Waals surface area (Å²) in [5, 5.41) is 4.30. The zero-order chi connectivity index (χ0) is 17.4. The quantitative estimate of drug-likeness (QED) is 0.604. The second-order valence-corrected chi connectivity index (χ2v) is 6.61. The van der Waals surface area contributed by atoms with Gasteiger partial charge in [-0.25, -0.2) is 0 Å². The molecule has 2 rings (SSSR count). The normalized spacial score (nSPS) is 18.8. The minimum Gasteiger partial charge on any atom is -0.383 e. The van der Waals surface area contributed by atoms with E-state index in [1.54, 1.807) is 7.11 Å². The van der Waals surface area contributed by atoms with Crippen LogP contribution in [0.25, 0.3) is 0 Å². The maximum Gasteiger partial charge on any atom is 0.193 e. The van der Waals surface area contributed by atoms with Gasteiger partial charge in [0.25, 0.3) is 0 Å². The highest BCUT2D eigenvalue weighted by Gasteiger charge is 2.24. The first-order valence-corrected chi connectivity index (χ1v) is 8.91.